The largest absolute Gasteiger partial charge is 0.480 e. The van der Waals surface area contributed by atoms with Crippen molar-refractivity contribution in [1.82, 2.24) is 16.0 Å². The van der Waals surface area contributed by atoms with Crippen LogP contribution in [0.3, 0.4) is 0 Å². The van der Waals surface area contributed by atoms with Crippen LogP contribution in [-0.2, 0) is 19.2 Å². The monoisotopic (exact) mass is 432 g/mol. The lowest BCUT2D eigenvalue weighted by Crippen LogP contribution is -2.54. The van der Waals surface area contributed by atoms with Crippen LogP contribution < -0.4 is 21.7 Å². The summed E-state index contributed by atoms with van der Waals surface area (Å²) in [5.74, 6) is -2.02. The average molecular weight is 433 g/mol. The number of thioether (sulfide) groups is 1. The van der Waals surface area contributed by atoms with E-state index < -0.39 is 41.8 Å². The van der Waals surface area contributed by atoms with Crippen LogP contribution in [0.1, 0.15) is 47.0 Å². The van der Waals surface area contributed by atoms with Gasteiger partial charge >= 0.3 is 5.97 Å². The topological polar surface area (TPSA) is 151 Å². The van der Waals surface area contributed by atoms with E-state index in [9.17, 15) is 24.3 Å². The highest BCUT2D eigenvalue weighted by Gasteiger charge is 2.27. The van der Waals surface area contributed by atoms with Crippen LogP contribution >= 0.6 is 11.8 Å². The number of hydrogen-bond donors (Lipinski definition) is 5. The van der Waals surface area contributed by atoms with E-state index in [4.69, 9.17) is 5.73 Å². The maximum atomic E-state index is 12.5. The second-order valence-electron chi connectivity index (χ2n) is 7.57. The lowest BCUT2D eigenvalue weighted by atomic mass is 9.99. The highest BCUT2D eigenvalue weighted by molar-refractivity contribution is 7.98. The molecule has 29 heavy (non-hydrogen) atoms. The Balaban J connectivity index is 4.83. The third-order valence-corrected chi connectivity index (χ3v) is 5.17. The average Bonchev–Trinajstić information content (AvgIpc) is 2.66. The molecule has 0 fully saturated rings. The first-order chi connectivity index (χ1) is 13.5. The molecular formula is C19H36N4O5S. The second kappa shape index (κ2) is 14.2. The fraction of sp³-hybridized carbons (Fsp3) is 0.789. The van der Waals surface area contributed by atoms with Crippen molar-refractivity contribution >= 4 is 35.5 Å². The second-order valence-corrected chi connectivity index (χ2v) is 8.55. The van der Waals surface area contributed by atoms with Gasteiger partial charge in [-0.3, -0.25) is 14.4 Å². The number of rotatable bonds is 14. The van der Waals surface area contributed by atoms with Crippen molar-refractivity contribution in [3.63, 3.8) is 0 Å². The molecule has 6 N–H and O–H groups in total. The fourth-order valence-electron chi connectivity index (χ4n) is 2.56. The third-order valence-electron chi connectivity index (χ3n) is 4.53. The van der Waals surface area contributed by atoms with E-state index in [-0.39, 0.29) is 18.4 Å². The summed E-state index contributed by atoms with van der Waals surface area (Å²) in [4.78, 5) is 48.1. The van der Waals surface area contributed by atoms with E-state index in [2.05, 4.69) is 16.0 Å². The number of nitrogens with one attached hydrogen (secondary N) is 3. The number of carboxylic acids is 1. The molecule has 9 nitrogen and oxygen atoms in total. The SMILES string of the molecule is CCC(C)C(NC(=O)CNC(=O)C(CC(C)C)NC(=O)C(N)CCSC)C(=O)O. The van der Waals surface area contributed by atoms with Gasteiger partial charge in [0.05, 0.1) is 12.6 Å². The van der Waals surface area contributed by atoms with Crippen LogP contribution in [0, 0.1) is 11.8 Å². The summed E-state index contributed by atoms with van der Waals surface area (Å²) in [7, 11) is 0. The van der Waals surface area contributed by atoms with Crippen LogP contribution in [0.5, 0.6) is 0 Å². The molecule has 3 amide bonds. The van der Waals surface area contributed by atoms with Crippen LogP contribution in [0.25, 0.3) is 0 Å². The Morgan fingerprint density at radius 3 is 2.17 bits per heavy atom. The quantitative estimate of drug-likeness (QED) is 0.265. The Bertz CT molecular complexity index is 559. The van der Waals surface area contributed by atoms with Gasteiger partial charge in [0.1, 0.15) is 12.1 Å². The van der Waals surface area contributed by atoms with Gasteiger partial charge in [-0.05, 0) is 36.7 Å². The Labute approximate surface area is 177 Å². The predicted molar refractivity (Wildman–Crippen MR) is 114 cm³/mol. The maximum absolute atomic E-state index is 12.5. The number of hydrogen-bond acceptors (Lipinski definition) is 6. The zero-order chi connectivity index (χ0) is 22.6. The molecule has 168 valence electrons. The van der Waals surface area contributed by atoms with Gasteiger partial charge in [0.25, 0.3) is 0 Å². The number of nitrogens with two attached hydrogens (primary N) is 1. The Morgan fingerprint density at radius 1 is 1.07 bits per heavy atom. The zero-order valence-electron chi connectivity index (χ0n) is 18.0. The Hall–Kier alpha value is -1.81. The van der Waals surface area contributed by atoms with E-state index in [1.165, 1.54) is 0 Å². The number of amides is 3. The van der Waals surface area contributed by atoms with Crippen molar-refractivity contribution < 1.29 is 24.3 Å². The molecule has 0 heterocycles. The van der Waals surface area contributed by atoms with E-state index >= 15 is 0 Å². The summed E-state index contributed by atoms with van der Waals surface area (Å²) in [5.41, 5.74) is 5.85. The molecule has 4 atom stereocenters. The van der Waals surface area contributed by atoms with Crippen molar-refractivity contribution in [1.29, 1.82) is 0 Å². The summed E-state index contributed by atoms with van der Waals surface area (Å²) in [6.45, 7) is 7.01. The highest BCUT2D eigenvalue weighted by atomic mass is 32.2. The lowest BCUT2D eigenvalue weighted by molar-refractivity contribution is -0.143. The highest BCUT2D eigenvalue weighted by Crippen LogP contribution is 2.08. The summed E-state index contributed by atoms with van der Waals surface area (Å²) in [6.07, 6.45) is 3.39. The van der Waals surface area contributed by atoms with Crippen LogP contribution in [-0.4, -0.2) is 65.5 Å². The summed E-state index contributed by atoms with van der Waals surface area (Å²) >= 11 is 1.58. The van der Waals surface area contributed by atoms with E-state index in [1.807, 2.05) is 27.0 Å². The molecule has 0 rings (SSSR count). The number of carbonyl (C=O) groups is 4. The summed E-state index contributed by atoms with van der Waals surface area (Å²) in [6, 6.07) is -2.55. The molecule has 0 aromatic carbocycles. The molecule has 0 radical (unpaired) electrons. The van der Waals surface area contributed by atoms with Crippen molar-refractivity contribution in [2.45, 2.75) is 65.1 Å². The van der Waals surface area contributed by atoms with Crippen LogP contribution in [0.15, 0.2) is 0 Å². The zero-order valence-corrected chi connectivity index (χ0v) is 18.8. The van der Waals surface area contributed by atoms with Gasteiger partial charge in [-0.15, -0.1) is 0 Å². The lowest BCUT2D eigenvalue weighted by Gasteiger charge is -2.23. The van der Waals surface area contributed by atoms with E-state index in [0.717, 1.165) is 5.75 Å². The third kappa shape index (κ3) is 11.1. The smallest absolute Gasteiger partial charge is 0.326 e. The normalized spacial score (nSPS) is 15.1. The van der Waals surface area contributed by atoms with Crippen molar-refractivity contribution in [3.05, 3.63) is 0 Å². The molecule has 0 aliphatic rings. The molecule has 0 aliphatic heterocycles. The molecular weight excluding hydrogens is 396 g/mol. The first kappa shape index (κ1) is 27.2. The van der Waals surface area contributed by atoms with E-state index in [1.54, 1.807) is 18.7 Å². The Kier molecular flexibility index (Phi) is 13.3. The van der Waals surface area contributed by atoms with Gasteiger partial charge < -0.3 is 26.8 Å². The maximum Gasteiger partial charge on any atom is 0.326 e. The number of carboxylic acid groups (broad SMARTS) is 1. The van der Waals surface area contributed by atoms with Crippen LogP contribution in [0.4, 0.5) is 0 Å². The molecule has 4 unspecified atom stereocenters. The summed E-state index contributed by atoms with van der Waals surface area (Å²) in [5, 5.41) is 16.8. The predicted octanol–water partition coefficient (Wildman–Crippen LogP) is 0.329. The van der Waals surface area contributed by atoms with Gasteiger partial charge in [0.2, 0.25) is 17.7 Å². The van der Waals surface area contributed by atoms with Crippen molar-refractivity contribution in [2.24, 2.45) is 17.6 Å². The standard InChI is InChI=1S/C19H36N4O5S/c1-6-12(4)16(19(27)28)23-15(24)10-21-18(26)14(9-11(2)3)22-17(25)13(20)7-8-29-5/h11-14,16H,6-10,20H2,1-5H3,(H,21,26)(H,22,25)(H,23,24)(H,27,28). The number of carbonyl (C=O) groups excluding carboxylic acids is 3. The minimum absolute atomic E-state index is 0.129. The Morgan fingerprint density at radius 2 is 1.69 bits per heavy atom. The molecule has 0 aromatic heterocycles. The molecule has 0 saturated carbocycles. The molecule has 0 aliphatic carbocycles. The minimum Gasteiger partial charge on any atom is -0.480 e. The molecule has 10 heteroatoms. The van der Waals surface area contributed by atoms with E-state index in [0.29, 0.717) is 19.3 Å². The fourth-order valence-corrected chi connectivity index (χ4v) is 3.05. The first-order valence-corrected chi connectivity index (χ1v) is 11.3. The van der Waals surface area contributed by atoms with Gasteiger partial charge in [-0.1, -0.05) is 34.1 Å². The van der Waals surface area contributed by atoms with Gasteiger partial charge in [-0.2, -0.15) is 11.8 Å². The molecule has 0 saturated heterocycles. The summed E-state index contributed by atoms with van der Waals surface area (Å²) < 4.78 is 0. The molecule has 0 spiro atoms. The van der Waals surface area contributed by atoms with Gasteiger partial charge in [-0.25, -0.2) is 4.79 Å². The van der Waals surface area contributed by atoms with Crippen molar-refractivity contribution in [3.8, 4) is 0 Å². The van der Waals surface area contributed by atoms with Gasteiger partial charge in [0, 0.05) is 0 Å². The first-order valence-electron chi connectivity index (χ1n) is 9.88. The van der Waals surface area contributed by atoms with Crippen LogP contribution in [0.2, 0.25) is 0 Å². The minimum atomic E-state index is -1.12. The van der Waals surface area contributed by atoms with Gasteiger partial charge in [0.15, 0.2) is 0 Å². The van der Waals surface area contributed by atoms with Crippen molar-refractivity contribution in [2.75, 3.05) is 18.6 Å². The molecule has 0 bridgehead atoms. The molecule has 0 aromatic rings. The number of aliphatic carboxylic acids is 1.